The number of hydrogen-bond donors (Lipinski definition) is 0. The van der Waals surface area contributed by atoms with Crippen molar-refractivity contribution in [1.29, 1.82) is 0 Å². The first kappa shape index (κ1) is 22.8. The van der Waals surface area contributed by atoms with E-state index >= 15 is 0 Å². The van der Waals surface area contributed by atoms with E-state index in [1.54, 1.807) is 22.8 Å². The van der Waals surface area contributed by atoms with E-state index in [2.05, 4.69) is 23.8 Å². The average Bonchev–Trinajstić information content (AvgIpc) is 3.40. The van der Waals surface area contributed by atoms with Crippen LogP contribution >= 0.6 is 0 Å². The second-order valence-electron chi connectivity index (χ2n) is 8.15. The fraction of sp³-hybridized carbons (Fsp3) is 0.500. The van der Waals surface area contributed by atoms with Crippen LogP contribution < -0.4 is 4.90 Å². The molecule has 4 rings (SSSR count). The molecule has 6 nitrogen and oxygen atoms in total. The van der Waals surface area contributed by atoms with Gasteiger partial charge in [-0.2, -0.15) is 5.10 Å². The molecule has 166 valence electrons. The normalized spacial score (nSPS) is 16.0. The number of aryl methyl sites for hydroxylation is 1. The number of halogens is 1. The summed E-state index contributed by atoms with van der Waals surface area (Å²) in [7, 11) is 0. The van der Waals surface area contributed by atoms with E-state index in [0.717, 1.165) is 49.4 Å². The van der Waals surface area contributed by atoms with Gasteiger partial charge in [0.05, 0.1) is 23.5 Å². The Morgan fingerprint density at radius 3 is 2.74 bits per heavy atom. The zero-order valence-corrected chi connectivity index (χ0v) is 19.1. The van der Waals surface area contributed by atoms with Crippen LogP contribution in [0, 0.1) is 11.7 Å². The lowest BCUT2D eigenvalue weighted by atomic mass is 10.0. The van der Waals surface area contributed by atoms with E-state index < -0.39 is 0 Å². The summed E-state index contributed by atoms with van der Waals surface area (Å²) < 4.78 is 15.9. The topological polar surface area (TPSA) is 63.4 Å². The number of hydrogen-bond acceptors (Lipinski definition) is 5. The van der Waals surface area contributed by atoms with Crippen LogP contribution in [0.25, 0.3) is 5.65 Å². The summed E-state index contributed by atoms with van der Waals surface area (Å²) >= 11 is 0. The monoisotopic (exact) mass is 425 g/mol. The fourth-order valence-corrected chi connectivity index (χ4v) is 3.92. The summed E-state index contributed by atoms with van der Waals surface area (Å²) in [6.07, 6.45) is 6.99. The first-order valence-corrected chi connectivity index (χ1v) is 11.2. The van der Waals surface area contributed by atoms with E-state index in [4.69, 9.17) is 9.97 Å². The number of anilines is 1. The van der Waals surface area contributed by atoms with Crippen molar-refractivity contribution in [3.63, 3.8) is 0 Å². The third-order valence-corrected chi connectivity index (χ3v) is 5.46. The van der Waals surface area contributed by atoms with Gasteiger partial charge in [0.2, 0.25) is 0 Å². The van der Waals surface area contributed by atoms with Gasteiger partial charge >= 0.3 is 0 Å². The lowest BCUT2D eigenvalue weighted by Gasteiger charge is -2.26. The number of nitrogens with zero attached hydrogens (tertiary/aromatic N) is 5. The van der Waals surface area contributed by atoms with Gasteiger partial charge in [-0.05, 0) is 56.7 Å². The second-order valence-corrected chi connectivity index (χ2v) is 8.15. The highest BCUT2D eigenvalue weighted by Crippen LogP contribution is 2.35. The lowest BCUT2D eigenvalue weighted by molar-refractivity contribution is 0.101. The van der Waals surface area contributed by atoms with Crippen LogP contribution in [0.5, 0.6) is 0 Å². The zero-order valence-electron chi connectivity index (χ0n) is 19.1. The van der Waals surface area contributed by atoms with Gasteiger partial charge in [0.25, 0.3) is 0 Å². The molecule has 0 radical (unpaired) electrons. The highest BCUT2D eigenvalue weighted by atomic mass is 19.1. The Morgan fingerprint density at radius 2 is 2.03 bits per heavy atom. The molecule has 0 unspecified atom stereocenters. The molecule has 1 saturated heterocycles. The summed E-state index contributed by atoms with van der Waals surface area (Å²) in [5, 5.41) is 4.20. The Labute approximate surface area is 183 Å². The molecule has 1 atom stereocenters. The molecule has 4 heterocycles. The summed E-state index contributed by atoms with van der Waals surface area (Å²) in [6.45, 7) is 10.6. The molecule has 0 saturated carbocycles. The van der Waals surface area contributed by atoms with Crippen LogP contribution in [0.15, 0.2) is 30.6 Å². The molecule has 3 aromatic rings. The zero-order chi connectivity index (χ0) is 22.5. The Balaban J connectivity index is 0.00000132. The standard InChI is InChI=1S/C22H26FN5O.C2H6/c1-14(2)6-7-17-11-16(23)12-19(25-17)20-5-4-9-27(20)21-8-10-28-22(26-21)18(13-24-28)15(3)29;1-2/h8,10-14,20H,4-7,9H2,1-3H3;1-2H3/t20-;/m1./s1. The summed E-state index contributed by atoms with van der Waals surface area (Å²) in [5.74, 6) is 1.01. The predicted molar refractivity (Wildman–Crippen MR) is 121 cm³/mol. The van der Waals surface area contributed by atoms with Crippen molar-refractivity contribution in [3.8, 4) is 0 Å². The number of Topliss-reactive ketones (excluding diaryl/α,β-unsaturated/α-hetero) is 1. The van der Waals surface area contributed by atoms with Crippen molar-refractivity contribution in [1.82, 2.24) is 19.6 Å². The number of aromatic nitrogens is 4. The summed E-state index contributed by atoms with van der Waals surface area (Å²) in [4.78, 5) is 23.5. The van der Waals surface area contributed by atoms with Crippen LogP contribution in [0.1, 0.15) is 81.7 Å². The van der Waals surface area contributed by atoms with Crippen molar-refractivity contribution in [3.05, 3.63) is 53.4 Å². The number of rotatable bonds is 6. The highest BCUT2D eigenvalue weighted by molar-refractivity contribution is 5.99. The lowest BCUT2D eigenvalue weighted by Crippen LogP contribution is -2.25. The molecule has 31 heavy (non-hydrogen) atoms. The summed E-state index contributed by atoms with van der Waals surface area (Å²) in [6, 6.07) is 4.95. The third-order valence-electron chi connectivity index (χ3n) is 5.46. The van der Waals surface area contributed by atoms with E-state index in [9.17, 15) is 9.18 Å². The molecule has 0 N–H and O–H groups in total. The molecule has 7 heteroatoms. The van der Waals surface area contributed by atoms with Crippen LogP contribution in [-0.2, 0) is 6.42 Å². The molecule has 0 bridgehead atoms. The molecular formula is C24H32FN5O. The van der Waals surface area contributed by atoms with E-state index in [1.807, 2.05) is 26.1 Å². The van der Waals surface area contributed by atoms with Crippen molar-refractivity contribution in [2.45, 2.75) is 66.3 Å². The number of ketones is 1. The smallest absolute Gasteiger partial charge is 0.168 e. The maximum absolute atomic E-state index is 14.3. The largest absolute Gasteiger partial charge is 0.348 e. The van der Waals surface area contributed by atoms with Gasteiger partial charge in [-0.1, -0.05) is 27.7 Å². The summed E-state index contributed by atoms with van der Waals surface area (Å²) in [5.41, 5.74) is 2.61. The Hall–Kier alpha value is -2.83. The predicted octanol–water partition coefficient (Wildman–Crippen LogP) is 5.42. The Kier molecular flexibility index (Phi) is 7.36. The quantitative estimate of drug-likeness (QED) is 0.493. The number of fused-ring (bicyclic) bond motifs is 1. The first-order chi connectivity index (χ1) is 14.9. The van der Waals surface area contributed by atoms with Crippen LogP contribution in [0.2, 0.25) is 0 Å². The molecule has 1 fully saturated rings. The van der Waals surface area contributed by atoms with Gasteiger partial charge in [0.1, 0.15) is 11.6 Å². The van der Waals surface area contributed by atoms with Crippen molar-refractivity contribution >= 4 is 17.2 Å². The minimum atomic E-state index is -0.237. The Bertz CT molecular complexity index is 1050. The molecule has 3 aromatic heterocycles. The van der Waals surface area contributed by atoms with Crippen molar-refractivity contribution in [2.75, 3.05) is 11.4 Å². The first-order valence-electron chi connectivity index (χ1n) is 11.2. The third kappa shape index (κ3) is 5.09. The Morgan fingerprint density at radius 1 is 1.26 bits per heavy atom. The maximum atomic E-state index is 14.3. The van der Waals surface area contributed by atoms with E-state index in [-0.39, 0.29) is 17.6 Å². The minimum Gasteiger partial charge on any atom is -0.348 e. The van der Waals surface area contributed by atoms with Gasteiger partial charge in [0.15, 0.2) is 11.4 Å². The van der Waals surface area contributed by atoms with Gasteiger partial charge in [-0.25, -0.2) is 13.9 Å². The number of carbonyl (C=O) groups is 1. The maximum Gasteiger partial charge on any atom is 0.168 e. The van der Waals surface area contributed by atoms with Crippen LogP contribution in [0.3, 0.4) is 0 Å². The average molecular weight is 426 g/mol. The van der Waals surface area contributed by atoms with E-state index in [1.165, 1.54) is 6.92 Å². The number of carbonyl (C=O) groups excluding carboxylic acids is 1. The van der Waals surface area contributed by atoms with Crippen LogP contribution in [0.4, 0.5) is 10.2 Å². The molecule has 1 aliphatic rings. The molecule has 1 aliphatic heterocycles. The fourth-order valence-electron chi connectivity index (χ4n) is 3.92. The molecular weight excluding hydrogens is 393 g/mol. The van der Waals surface area contributed by atoms with Gasteiger partial charge in [0, 0.05) is 18.4 Å². The molecule has 0 amide bonds. The van der Waals surface area contributed by atoms with Crippen molar-refractivity contribution < 1.29 is 9.18 Å². The number of pyridine rings is 1. The molecule has 0 spiro atoms. The minimum absolute atomic E-state index is 0.0258. The van der Waals surface area contributed by atoms with Crippen LogP contribution in [-0.4, -0.2) is 31.9 Å². The molecule has 0 aromatic carbocycles. The van der Waals surface area contributed by atoms with Gasteiger partial charge in [-0.3, -0.25) is 9.78 Å². The SMILES string of the molecule is CC.CC(=O)c1cnn2ccc(N3CCC[C@@H]3c3cc(F)cc(CCC(C)C)n3)nc12. The second kappa shape index (κ2) is 9.98. The van der Waals surface area contributed by atoms with Gasteiger partial charge in [-0.15, -0.1) is 0 Å². The highest BCUT2D eigenvalue weighted by Gasteiger charge is 2.29. The molecule has 0 aliphatic carbocycles. The van der Waals surface area contributed by atoms with E-state index in [0.29, 0.717) is 17.1 Å². The van der Waals surface area contributed by atoms with Gasteiger partial charge < -0.3 is 4.90 Å². The van der Waals surface area contributed by atoms with Crippen molar-refractivity contribution in [2.24, 2.45) is 5.92 Å².